The maximum absolute atomic E-state index is 12.9. The van der Waals surface area contributed by atoms with Crippen molar-refractivity contribution in [2.24, 2.45) is 0 Å². The Morgan fingerprint density at radius 1 is 0.852 bits per heavy atom. The van der Waals surface area contributed by atoms with Crippen molar-refractivity contribution in [2.75, 3.05) is 28.2 Å². The first-order valence-corrected chi connectivity index (χ1v) is 9.25. The predicted octanol–water partition coefficient (Wildman–Crippen LogP) is 3.19. The van der Waals surface area contributed by atoms with Gasteiger partial charge in [-0.3, -0.25) is 14.4 Å². The Hall–Kier alpha value is -3.15. The third-order valence-electron chi connectivity index (χ3n) is 5.00. The van der Waals surface area contributed by atoms with Gasteiger partial charge in [0.2, 0.25) is 11.8 Å². The second-order valence-electron chi connectivity index (χ2n) is 6.82. The number of carbonyl (C=O) groups is 3. The van der Waals surface area contributed by atoms with Gasteiger partial charge in [-0.1, -0.05) is 18.2 Å². The molecule has 27 heavy (non-hydrogen) atoms. The molecule has 4 rings (SSSR count). The molecule has 2 aliphatic heterocycles. The molecule has 0 aromatic heterocycles. The summed E-state index contributed by atoms with van der Waals surface area (Å²) in [6, 6.07) is 14.5. The van der Waals surface area contributed by atoms with Crippen molar-refractivity contribution in [2.45, 2.75) is 25.7 Å². The molecule has 2 fully saturated rings. The van der Waals surface area contributed by atoms with E-state index in [1.165, 1.54) is 0 Å². The number of carbonyl (C=O) groups excluding carboxylic acids is 3. The SMILES string of the molecule is O=C(Nc1cccc(N2CCCC2=O)c1)c1ccccc1N1CCCC1=O. The minimum Gasteiger partial charge on any atom is -0.322 e. The molecule has 1 N–H and O–H groups in total. The minimum absolute atomic E-state index is 0.0461. The van der Waals surface area contributed by atoms with Gasteiger partial charge in [-0.05, 0) is 43.2 Å². The number of nitrogens with zero attached hydrogens (tertiary/aromatic N) is 2. The first kappa shape index (κ1) is 17.3. The van der Waals surface area contributed by atoms with Crippen LogP contribution in [0.5, 0.6) is 0 Å². The van der Waals surface area contributed by atoms with Crippen molar-refractivity contribution in [3.8, 4) is 0 Å². The summed E-state index contributed by atoms with van der Waals surface area (Å²) in [7, 11) is 0. The highest BCUT2D eigenvalue weighted by molar-refractivity contribution is 6.11. The van der Waals surface area contributed by atoms with Crippen LogP contribution in [0.15, 0.2) is 48.5 Å². The number of para-hydroxylation sites is 1. The van der Waals surface area contributed by atoms with Crippen LogP contribution in [0.4, 0.5) is 17.1 Å². The number of anilines is 3. The summed E-state index contributed by atoms with van der Waals surface area (Å²) in [4.78, 5) is 40.3. The Labute approximate surface area is 157 Å². The number of benzene rings is 2. The molecule has 0 spiro atoms. The van der Waals surface area contributed by atoms with E-state index in [-0.39, 0.29) is 17.7 Å². The van der Waals surface area contributed by atoms with Crippen molar-refractivity contribution in [3.05, 3.63) is 54.1 Å². The van der Waals surface area contributed by atoms with Crippen LogP contribution >= 0.6 is 0 Å². The normalized spacial score (nSPS) is 16.9. The fourth-order valence-corrected chi connectivity index (χ4v) is 3.68. The molecule has 2 aliphatic rings. The molecule has 2 saturated heterocycles. The number of rotatable bonds is 4. The van der Waals surface area contributed by atoms with Crippen LogP contribution in [-0.4, -0.2) is 30.8 Å². The number of hydrogen-bond donors (Lipinski definition) is 1. The van der Waals surface area contributed by atoms with Gasteiger partial charge in [0.05, 0.1) is 11.3 Å². The summed E-state index contributed by atoms with van der Waals surface area (Å²) >= 11 is 0. The zero-order valence-electron chi connectivity index (χ0n) is 15.0. The summed E-state index contributed by atoms with van der Waals surface area (Å²) in [6.07, 6.45) is 2.74. The van der Waals surface area contributed by atoms with Gasteiger partial charge >= 0.3 is 0 Å². The van der Waals surface area contributed by atoms with E-state index in [0.717, 1.165) is 18.5 Å². The number of nitrogens with one attached hydrogen (secondary N) is 1. The van der Waals surface area contributed by atoms with Gasteiger partial charge in [0.15, 0.2) is 0 Å². The Morgan fingerprint density at radius 3 is 2.26 bits per heavy atom. The Kier molecular flexibility index (Phi) is 4.62. The molecule has 0 aliphatic carbocycles. The lowest BCUT2D eigenvalue weighted by atomic mass is 10.1. The van der Waals surface area contributed by atoms with Crippen LogP contribution in [0, 0.1) is 0 Å². The Bertz CT molecular complexity index is 909. The van der Waals surface area contributed by atoms with Crippen molar-refractivity contribution < 1.29 is 14.4 Å². The lowest BCUT2D eigenvalue weighted by Gasteiger charge is -2.20. The van der Waals surface area contributed by atoms with Gasteiger partial charge in [-0.15, -0.1) is 0 Å². The second kappa shape index (κ2) is 7.23. The zero-order valence-corrected chi connectivity index (χ0v) is 15.0. The fraction of sp³-hybridized carbons (Fsp3) is 0.286. The Morgan fingerprint density at radius 2 is 1.56 bits per heavy atom. The smallest absolute Gasteiger partial charge is 0.257 e. The molecule has 0 radical (unpaired) electrons. The lowest BCUT2D eigenvalue weighted by Crippen LogP contribution is -2.27. The Balaban J connectivity index is 1.57. The molecule has 6 nitrogen and oxygen atoms in total. The summed E-state index contributed by atoms with van der Waals surface area (Å²) in [5.74, 6) is -0.114. The molecule has 2 aromatic rings. The summed E-state index contributed by atoms with van der Waals surface area (Å²) in [5, 5.41) is 2.90. The van der Waals surface area contributed by atoms with E-state index in [1.807, 2.05) is 24.3 Å². The molecule has 3 amide bonds. The summed E-state index contributed by atoms with van der Waals surface area (Å²) < 4.78 is 0. The highest BCUT2D eigenvalue weighted by atomic mass is 16.2. The largest absolute Gasteiger partial charge is 0.322 e. The number of hydrogen-bond acceptors (Lipinski definition) is 3. The van der Waals surface area contributed by atoms with Gasteiger partial charge in [0, 0.05) is 37.3 Å². The maximum Gasteiger partial charge on any atom is 0.257 e. The van der Waals surface area contributed by atoms with Crippen molar-refractivity contribution >= 4 is 34.8 Å². The van der Waals surface area contributed by atoms with Gasteiger partial charge in [0.1, 0.15) is 0 Å². The third-order valence-corrected chi connectivity index (χ3v) is 5.00. The van der Waals surface area contributed by atoms with E-state index < -0.39 is 0 Å². The van der Waals surface area contributed by atoms with Gasteiger partial charge < -0.3 is 15.1 Å². The molecular weight excluding hydrogens is 342 g/mol. The molecule has 138 valence electrons. The van der Waals surface area contributed by atoms with E-state index in [4.69, 9.17) is 0 Å². The van der Waals surface area contributed by atoms with Gasteiger partial charge in [-0.25, -0.2) is 0 Å². The fourth-order valence-electron chi connectivity index (χ4n) is 3.68. The van der Waals surface area contributed by atoms with Crippen LogP contribution < -0.4 is 15.1 Å². The summed E-state index contributed by atoms with van der Waals surface area (Å²) in [6.45, 7) is 1.34. The average molecular weight is 363 g/mol. The highest BCUT2D eigenvalue weighted by Crippen LogP contribution is 2.28. The zero-order chi connectivity index (χ0) is 18.8. The van der Waals surface area contributed by atoms with Crippen molar-refractivity contribution in [1.29, 1.82) is 0 Å². The molecule has 2 aromatic carbocycles. The quantitative estimate of drug-likeness (QED) is 0.907. The highest BCUT2D eigenvalue weighted by Gasteiger charge is 2.26. The average Bonchev–Trinajstić information content (AvgIpc) is 3.30. The van der Waals surface area contributed by atoms with Crippen LogP contribution in [-0.2, 0) is 9.59 Å². The van der Waals surface area contributed by atoms with E-state index in [0.29, 0.717) is 42.9 Å². The molecule has 2 heterocycles. The first-order valence-electron chi connectivity index (χ1n) is 9.25. The van der Waals surface area contributed by atoms with Crippen LogP contribution in [0.25, 0.3) is 0 Å². The topological polar surface area (TPSA) is 69.7 Å². The van der Waals surface area contributed by atoms with Crippen LogP contribution in [0.1, 0.15) is 36.0 Å². The molecular formula is C21H21N3O3. The van der Waals surface area contributed by atoms with E-state index in [9.17, 15) is 14.4 Å². The van der Waals surface area contributed by atoms with Gasteiger partial charge in [0.25, 0.3) is 5.91 Å². The monoisotopic (exact) mass is 363 g/mol. The molecule has 0 bridgehead atoms. The minimum atomic E-state index is -0.268. The van der Waals surface area contributed by atoms with Crippen molar-refractivity contribution in [1.82, 2.24) is 0 Å². The maximum atomic E-state index is 12.9. The molecule has 0 atom stereocenters. The predicted molar refractivity (Wildman–Crippen MR) is 104 cm³/mol. The second-order valence-corrected chi connectivity index (χ2v) is 6.82. The van der Waals surface area contributed by atoms with E-state index in [2.05, 4.69) is 5.32 Å². The lowest BCUT2D eigenvalue weighted by molar-refractivity contribution is -0.117. The molecule has 0 unspecified atom stereocenters. The number of amides is 3. The first-order chi connectivity index (χ1) is 13.1. The van der Waals surface area contributed by atoms with Gasteiger partial charge in [-0.2, -0.15) is 0 Å². The van der Waals surface area contributed by atoms with Crippen LogP contribution in [0.3, 0.4) is 0 Å². The summed E-state index contributed by atoms with van der Waals surface area (Å²) in [5.41, 5.74) is 2.52. The van der Waals surface area contributed by atoms with E-state index in [1.54, 1.807) is 34.1 Å². The third kappa shape index (κ3) is 3.43. The van der Waals surface area contributed by atoms with Crippen LogP contribution in [0.2, 0.25) is 0 Å². The van der Waals surface area contributed by atoms with Crippen molar-refractivity contribution in [3.63, 3.8) is 0 Å². The van der Waals surface area contributed by atoms with E-state index >= 15 is 0 Å². The standard InChI is InChI=1S/C21H21N3O3/c25-19-10-4-12-23(19)16-7-3-6-15(14-16)22-21(27)17-8-1-2-9-18(17)24-13-5-11-20(24)26/h1-3,6-9,14H,4-5,10-13H2,(H,22,27). The molecule has 0 saturated carbocycles. The molecule has 6 heteroatoms.